The van der Waals surface area contributed by atoms with Gasteiger partial charge >= 0.3 is 0 Å². The average molecular weight is 660 g/mol. The van der Waals surface area contributed by atoms with Crippen LogP contribution in [0.3, 0.4) is 0 Å². The van der Waals surface area contributed by atoms with Crippen LogP contribution in [0.4, 0.5) is 5.69 Å². The highest BCUT2D eigenvalue weighted by Crippen LogP contribution is 2.39. The number of hydrogen-bond donors (Lipinski definition) is 3. The second-order valence-corrected chi connectivity index (χ2v) is 11.6. The first-order valence-corrected chi connectivity index (χ1v) is 15.1. The van der Waals surface area contributed by atoms with Crippen LogP contribution in [0.1, 0.15) is 13.3 Å². The molecule has 0 atom stereocenters. The number of nitrogens with two attached hydrogens (primary N) is 2. The van der Waals surface area contributed by atoms with Crippen LogP contribution in [-0.4, -0.2) is 58.3 Å². The summed E-state index contributed by atoms with van der Waals surface area (Å²) >= 11 is 3.47. The summed E-state index contributed by atoms with van der Waals surface area (Å²) < 4.78 is 46.5. The minimum atomic E-state index is -4.14. The maximum atomic E-state index is 14.1. The lowest BCUT2D eigenvalue weighted by molar-refractivity contribution is 0.318. The van der Waals surface area contributed by atoms with E-state index in [1.807, 2.05) is 6.92 Å². The lowest BCUT2D eigenvalue weighted by Crippen LogP contribution is -2.34. The molecule has 0 aliphatic rings. The summed E-state index contributed by atoms with van der Waals surface area (Å²) in [5.41, 5.74) is 11.4. The molecule has 4 aromatic rings. The molecule has 0 aliphatic heterocycles. The van der Waals surface area contributed by atoms with Crippen LogP contribution in [0, 0.1) is 0 Å². The van der Waals surface area contributed by atoms with Crippen LogP contribution in [-0.2, 0) is 10.0 Å². The SMILES string of the molecule is CCCOc1ccc(S(=O)(=O)N(CCN=C(N)N)c2ccccc2)cc1-c1nc2c(Br)c(OC)cc(OC)c2c(=O)[nH]1. The number of guanidine groups is 1. The molecule has 3 aromatic carbocycles. The Morgan fingerprint density at radius 3 is 2.40 bits per heavy atom. The van der Waals surface area contributed by atoms with Gasteiger partial charge in [0.05, 0.1) is 60.1 Å². The number of anilines is 1. The van der Waals surface area contributed by atoms with Crippen LogP contribution >= 0.6 is 15.9 Å². The van der Waals surface area contributed by atoms with Crippen molar-refractivity contribution in [3.05, 3.63) is 69.4 Å². The van der Waals surface area contributed by atoms with Crippen molar-refractivity contribution in [3.63, 3.8) is 0 Å². The Morgan fingerprint density at radius 2 is 1.76 bits per heavy atom. The minimum Gasteiger partial charge on any atom is -0.496 e. The van der Waals surface area contributed by atoms with E-state index in [9.17, 15) is 13.2 Å². The summed E-state index contributed by atoms with van der Waals surface area (Å²) in [6.45, 7) is 2.32. The van der Waals surface area contributed by atoms with Gasteiger partial charge in [0, 0.05) is 6.07 Å². The number of nitrogens with zero attached hydrogens (tertiary/aromatic N) is 3. The predicted octanol–water partition coefficient (Wildman–Crippen LogP) is 3.63. The van der Waals surface area contributed by atoms with Crippen molar-refractivity contribution in [3.8, 4) is 28.6 Å². The van der Waals surface area contributed by atoms with E-state index in [1.165, 1.54) is 30.7 Å². The fourth-order valence-electron chi connectivity index (χ4n) is 4.24. The Balaban J connectivity index is 1.93. The minimum absolute atomic E-state index is 0.0226. The van der Waals surface area contributed by atoms with Crippen LogP contribution in [0.15, 0.2) is 73.8 Å². The van der Waals surface area contributed by atoms with E-state index in [0.717, 1.165) is 0 Å². The normalized spacial score (nSPS) is 11.2. The van der Waals surface area contributed by atoms with E-state index in [1.54, 1.807) is 42.5 Å². The topological polar surface area (TPSA) is 175 Å². The molecule has 0 amide bonds. The highest BCUT2D eigenvalue weighted by molar-refractivity contribution is 9.10. The number of H-pyrrole nitrogens is 1. The van der Waals surface area contributed by atoms with E-state index in [2.05, 4.69) is 25.9 Å². The highest BCUT2D eigenvalue weighted by atomic mass is 79.9. The lowest BCUT2D eigenvalue weighted by Gasteiger charge is -2.24. The molecule has 0 bridgehead atoms. The number of aliphatic imine (C=N–C) groups is 1. The Morgan fingerprint density at radius 1 is 1.05 bits per heavy atom. The molecule has 222 valence electrons. The average Bonchev–Trinajstić information content (AvgIpc) is 2.98. The van der Waals surface area contributed by atoms with Gasteiger partial charge in [-0.25, -0.2) is 13.4 Å². The van der Waals surface area contributed by atoms with Crippen molar-refractivity contribution in [1.82, 2.24) is 9.97 Å². The third kappa shape index (κ3) is 6.29. The number of benzene rings is 3. The summed E-state index contributed by atoms with van der Waals surface area (Å²) in [5, 5.41) is 0.198. The summed E-state index contributed by atoms with van der Waals surface area (Å²) in [5.74, 6) is 0.963. The number of hydrogen-bond acceptors (Lipinski definition) is 8. The predicted molar refractivity (Wildman–Crippen MR) is 166 cm³/mol. The molecule has 4 rings (SSSR count). The van der Waals surface area contributed by atoms with Gasteiger partial charge in [-0.15, -0.1) is 0 Å². The summed E-state index contributed by atoms with van der Waals surface area (Å²) in [7, 11) is -1.23. The van der Waals surface area contributed by atoms with Crippen molar-refractivity contribution >= 4 is 48.5 Å². The smallest absolute Gasteiger partial charge is 0.264 e. The molecule has 0 aliphatic carbocycles. The molecule has 0 saturated heterocycles. The molecular formula is C28H31BrN6O6S. The molecule has 12 nitrogen and oxygen atoms in total. The molecule has 14 heteroatoms. The number of nitrogens with one attached hydrogen (secondary N) is 1. The zero-order valence-corrected chi connectivity index (χ0v) is 25.7. The van der Waals surface area contributed by atoms with Gasteiger partial charge in [0.1, 0.15) is 28.5 Å². The molecule has 42 heavy (non-hydrogen) atoms. The van der Waals surface area contributed by atoms with Crippen LogP contribution in [0.2, 0.25) is 0 Å². The standard InChI is InChI=1S/C28H31BrN6O6S/c1-4-14-41-20-11-10-18(42(37,38)35(13-12-32-28(30)31)17-8-6-5-7-9-17)15-19(20)26-33-25-23(27(36)34-26)21(39-2)16-22(40-3)24(25)29/h5-11,15-16H,4,12-14H2,1-3H3,(H4,30,31,32)(H,33,34,36). The van der Waals surface area contributed by atoms with Crippen molar-refractivity contribution < 1.29 is 22.6 Å². The molecule has 0 fully saturated rings. The Hall–Kier alpha value is -4.30. The molecule has 0 saturated carbocycles. The highest BCUT2D eigenvalue weighted by Gasteiger charge is 2.27. The number of aromatic nitrogens is 2. The van der Waals surface area contributed by atoms with Crippen molar-refractivity contribution in [2.24, 2.45) is 16.5 Å². The Bertz CT molecular complexity index is 1780. The number of aromatic amines is 1. The molecule has 0 spiro atoms. The summed E-state index contributed by atoms with van der Waals surface area (Å²) in [4.78, 5) is 24.7. The van der Waals surface area contributed by atoms with Gasteiger partial charge in [-0.2, -0.15) is 0 Å². The first-order chi connectivity index (χ1) is 20.1. The quantitative estimate of drug-likeness (QED) is 0.152. The first-order valence-electron chi connectivity index (χ1n) is 12.9. The maximum absolute atomic E-state index is 14.1. The zero-order chi connectivity index (χ0) is 30.4. The largest absolute Gasteiger partial charge is 0.496 e. The van der Waals surface area contributed by atoms with Gasteiger partial charge in [0.15, 0.2) is 5.96 Å². The molecule has 5 N–H and O–H groups in total. The number of sulfonamides is 1. The van der Waals surface area contributed by atoms with E-state index in [-0.39, 0.29) is 52.0 Å². The number of methoxy groups -OCH3 is 2. The van der Waals surface area contributed by atoms with Crippen LogP contribution in [0.5, 0.6) is 17.2 Å². The van der Waals surface area contributed by atoms with Crippen molar-refractivity contribution in [1.29, 1.82) is 0 Å². The number of para-hydroxylation sites is 1. The molecule has 1 aromatic heterocycles. The van der Waals surface area contributed by atoms with Gasteiger partial charge in [-0.1, -0.05) is 25.1 Å². The number of rotatable bonds is 12. The third-order valence-electron chi connectivity index (χ3n) is 6.19. The maximum Gasteiger partial charge on any atom is 0.264 e. The zero-order valence-electron chi connectivity index (χ0n) is 23.3. The summed E-state index contributed by atoms with van der Waals surface area (Å²) in [6.07, 6.45) is 0.702. The van der Waals surface area contributed by atoms with Crippen molar-refractivity contribution in [2.45, 2.75) is 18.2 Å². The third-order valence-corrected chi connectivity index (χ3v) is 8.78. The summed E-state index contributed by atoms with van der Waals surface area (Å²) in [6, 6.07) is 14.6. The number of halogens is 1. The molecule has 1 heterocycles. The van der Waals surface area contributed by atoms with E-state index < -0.39 is 15.6 Å². The van der Waals surface area contributed by atoms with E-state index in [4.69, 9.17) is 30.7 Å². The fraction of sp³-hybridized carbons (Fsp3) is 0.250. The van der Waals surface area contributed by atoms with Gasteiger partial charge < -0.3 is 30.7 Å². The van der Waals surface area contributed by atoms with Gasteiger partial charge in [0.25, 0.3) is 15.6 Å². The van der Waals surface area contributed by atoms with Crippen LogP contribution < -0.4 is 35.5 Å². The monoisotopic (exact) mass is 658 g/mol. The molecule has 0 radical (unpaired) electrons. The Labute approximate surface area is 251 Å². The second-order valence-electron chi connectivity index (χ2n) is 8.96. The number of ether oxygens (including phenoxy) is 3. The van der Waals surface area contributed by atoms with Gasteiger partial charge in [0.2, 0.25) is 0 Å². The first kappa shape index (κ1) is 30.7. The van der Waals surface area contributed by atoms with Gasteiger partial charge in [-0.05, 0) is 52.7 Å². The van der Waals surface area contributed by atoms with Crippen molar-refractivity contribution in [2.75, 3.05) is 38.2 Å². The molecule has 0 unspecified atom stereocenters. The number of fused-ring (bicyclic) bond motifs is 1. The molecular weight excluding hydrogens is 628 g/mol. The van der Waals surface area contributed by atoms with E-state index in [0.29, 0.717) is 34.7 Å². The van der Waals surface area contributed by atoms with Gasteiger partial charge in [-0.3, -0.25) is 14.1 Å². The van der Waals surface area contributed by atoms with E-state index >= 15 is 0 Å². The lowest BCUT2D eigenvalue weighted by atomic mass is 10.1. The fourth-order valence-corrected chi connectivity index (χ4v) is 6.29. The second kappa shape index (κ2) is 13.1. The Kier molecular flexibility index (Phi) is 9.58. The van der Waals surface area contributed by atoms with Crippen LogP contribution in [0.25, 0.3) is 22.3 Å².